The third-order valence-electron chi connectivity index (χ3n) is 1.73. The van der Waals surface area contributed by atoms with Gasteiger partial charge in [-0.05, 0) is 12.3 Å². The topological polar surface area (TPSA) is 77.9 Å². The molecule has 6 heteroatoms. The van der Waals surface area contributed by atoms with Crippen molar-refractivity contribution in [3.8, 4) is 5.88 Å². The van der Waals surface area contributed by atoms with E-state index in [1.807, 2.05) is 11.9 Å². The van der Waals surface area contributed by atoms with Crippen LogP contribution in [0.1, 0.15) is 19.8 Å². The molecule has 0 saturated heterocycles. The fourth-order valence-corrected chi connectivity index (χ4v) is 1.03. The fraction of sp³-hybridized carbons (Fsp3) is 0.500. The van der Waals surface area contributed by atoms with Gasteiger partial charge >= 0.3 is 57.1 Å². The fourth-order valence-electron chi connectivity index (χ4n) is 1.03. The summed E-state index contributed by atoms with van der Waals surface area (Å²) in [6, 6.07) is 0.886. The molecule has 1 N–H and O–H groups in total. The third kappa shape index (κ3) is 3.70. The van der Waals surface area contributed by atoms with E-state index in [4.69, 9.17) is 0 Å². The van der Waals surface area contributed by atoms with Crippen LogP contribution in [0.4, 0.5) is 0 Å². The molecule has 5 nitrogen and oxygen atoms in total. The van der Waals surface area contributed by atoms with Gasteiger partial charge < -0.3 is 10.1 Å². The molecule has 0 radical (unpaired) electrons. The molecular weight excluding hydrogens is 211 g/mol. The van der Waals surface area contributed by atoms with Gasteiger partial charge in [0, 0.05) is 12.6 Å². The summed E-state index contributed by atoms with van der Waals surface area (Å²) in [6.45, 7) is 2.33. The number of hydrogen-bond acceptors (Lipinski definition) is 3. The smallest absolute Gasteiger partial charge is 0.860 e. The van der Waals surface area contributed by atoms with Crippen molar-refractivity contribution in [2.75, 3.05) is 0 Å². The van der Waals surface area contributed by atoms with E-state index >= 15 is 0 Å². The van der Waals surface area contributed by atoms with Gasteiger partial charge in [-0.15, -0.1) is 0 Å². The summed E-state index contributed by atoms with van der Waals surface area (Å²) in [5.74, 6) is -0.636. The normalized spacial score (nSPS) is 9.50. The number of aromatic amines is 1. The van der Waals surface area contributed by atoms with E-state index < -0.39 is 17.1 Å². The Hall–Kier alpha value is 0.116. The zero-order valence-electron chi connectivity index (χ0n) is 8.37. The van der Waals surface area contributed by atoms with Gasteiger partial charge in [-0.1, -0.05) is 13.3 Å². The Bertz CT molecular complexity index is 365. The van der Waals surface area contributed by atoms with Crippen molar-refractivity contribution in [3.05, 3.63) is 26.9 Å². The predicted molar refractivity (Wildman–Crippen MR) is 45.7 cm³/mol. The first-order chi connectivity index (χ1) is 6.15. The number of nitrogens with zero attached hydrogens (tertiary/aromatic N) is 1. The van der Waals surface area contributed by atoms with E-state index in [1.54, 1.807) is 0 Å². The SMILES string of the molecule is CCCCn1c(=O)cc([O-])[nH]c1=O.[K+]. The molecule has 0 aliphatic carbocycles. The van der Waals surface area contributed by atoms with E-state index in [0.29, 0.717) is 6.54 Å². The van der Waals surface area contributed by atoms with Crippen LogP contribution in [-0.4, -0.2) is 9.55 Å². The number of aromatic nitrogens is 2. The molecule has 1 aromatic rings. The average Bonchev–Trinajstić information content (AvgIpc) is 2.02. The second-order valence-electron chi connectivity index (χ2n) is 2.78. The molecule has 1 rings (SSSR count). The van der Waals surface area contributed by atoms with Crippen LogP contribution in [0.5, 0.6) is 5.88 Å². The second kappa shape index (κ2) is 6.57. The van der Waals surface area contributed by atoms with Crippen molar-refractivity contribution in [1.29, 1.82) is 0 Å². The van der Waals surface area contributed by atoms with Crippen molar-refractivity contribution in [3.63, 3.8) is 0 Å². The van der Waals surface area contributed by atoms with E-state index in [2.05, 4.69) is 0 Å². The number of H-pyrrole nitrogens is 1. The van der Waals surface area contributed by atoms with Gasteiger partial charge in [0.05, 0.1) is 0 Å². The van der Waals surface area contributed by atoms with Gasteiger partial charge in [0.15, 0.2) is 0 Å². The first-order valence-electron chi connectivity index (χ1n) is 4.16. The van der Waals surface area contributed by atoms with E-state index in [-0.39, 0.29) is 51.4 Å². The van der Waals surface area contributed by atoms with Crippen LogP contribution in [0.2, 0.25) is 0 Å². The van der Waals surface area contributed by atoms with Gasteiger partial charge in [-0.3, -0.25) is 9.36 Å². The van der Waals surface area contributed by atoms with E-state index in [9.17, 15) is 14.7 Å². The van der Waals surface area contributed by atoms with Gasteiger partial charge in [-0.25, -0.2) is 4.79 Å². The zero-order chi connectivity index (χ0) is 9.84. The number of nitrogens with one attached hydrogen (secondary N) is 1. The minimum Gasteiger partial charge on any atom is -0.860 e. The van der Waals surface area contributed by atoms with Crippen LogP contribution in [-0.2, 0) is 6.54 Å². The number of hydrogen-bond donors (Lipinski definition) is 1. The number of unbranched alkanes of at least 4 members (excludes halogenated alkanes) is 1. The van der Waals surface area contributed by atoms with Crippen molar-refractivity contribution >= 4 is 0 Å². The Kier molecular flexibility index (Phi) is 6.63. The largest absolute Gasteiger partial charge is 1.00 e. The summed E-state index contributed by atoms with van der Waals surface area (Å²) in [7, 11) is 0. The Labute approximate surface area is 124 Å². The van der Waals surface area contributed by atoms with Gasteiger partial charge in [-0.2, -0.15) is 0 Å². The van der Waals surface area contributed by atoms with Crippen molar-refractivity contribution in [1.82, 2.24) is 9.55 Å². The molecule has 0 aromatic carbocycles. The maximum atomic E-state index is 11.1. The van der Waals surface area contributed by atoms with E-state index in [1.165, 1.54) is 0 Å². The van der Waals surface area contributed by atoms with Gasteiger partial charge in [0.1, 0.15) is 0 Å². The zero-order valence-corrected chi connectivity index (χ0v) is 11.5. The Morgan fingerprint density at radius 1 is 1.50 bits per heavy atom. The summed E-state index contributed by atoms with van der Waals surface area (Å²) in [5.41, 5.74) is -1.15. The molecule has 0 fully saturated rings. The standard InChI is InChI=1S/C8H12N2O3.K/c1-2-3-4-10-7(12)5-6(11)9-8(10)13;/h5,11H,2-4H2,1H3,(H,9,13);/q;+1/p-1. The molecular formula is C8H11KN2O3. The monoisotopic (exact) mass is 222 g/mol. The molecule has 0 amide bonds. The molecule has 72 valence electrons. The average molecular weight is 222 g/mol. The third-order valence-corrected chi connectivity index (χ3v) is 1.73. The first-order valence-corrected chi connectivity index (χ1v) is 4.16. The summed E-state index contributed by atoms with van der Waals surface area (Å²) in [4.78, 5) is 24.2. The minimum atomic E-state index is -0.636. The molecule has 0 spiro atoms. The molecule has 0 atom stereocenters. The Balaban J connectivity index is 0.00000169. The molecule has 0 aliphatic heterocycles. The molecule has 1 heterocycles. The molecule has 0 aliphatic rings. The van der Waals surface area contributed by atoms with Crippen LogP contribution >= 0.6 is 0 Å². The molecule has 0 bridgehead atoms. The van der Waals surface area contributed by atoms with Crippen molar-refractivity contribution in [2.45, 2.75) is 26.3 Å². The summed E-state index contributed by atoms with van der Waals surface area (Å²) in [6.07, 6.45) is 1.65. The summed E-state index contributed by atoms with van der Waals surface area (Å²) in [5, 5.41) is 10.7. The Morgan fingerprint density at radius 2 is 2.14 bits per heavy atom. The van der Waals surface area contributed by atoms with Gasteiger partial charge in [0.25, 0.3) is 5.56 Å². The Morgan fingerprint density at radius 3 is 2.64 bits per heavy atom. The van der Waals surface area contributed by atoms with E-state index in [0.717, 1.165) is 23.5 Å². The van der Waals surface area contributed by atoms with Crippen LogP contribution in [0, 0.1) is 0 Å². The van der Waals surface area contributed by atoms with Crippen molar-refractivity contribution in [2.24, 2.45) is 0 Å². The summed E-state index contributed by atoms with van der Waals surface area (Å²) >= 11 is 0. The molecule has 0 unspecified atom stereocenters. The quantitative estimate of drug-likeness (QED) is 0.537. The van der Waals surface area contributed by atoms with Crippen LogP contribution < -0.4 is 67.7 Å². The predicted octanol–water partition coefficient (Wildman–Crippen LogP) is -3.59. The second-order valence-corrected chi connectivity index (χ2v) is 2.78. The summed E-state index contributed by atoms with van der Waals surface area (Å²) < 4.78 is 1.03. The molecule has 1 aromatic heterocycles. The van der Waals surface area contributed by atoms with Gasteiger partial charge in [0.2, 0.25) is 0 Å². The first kappa shape index (κ1) is 14.1. The van der Waals surface area contributed by atoms with Crippen LogP contribution in [0.3, 0.4) is 0 Å². The minimum absolute atomic E-state index is 0. The van der Waals surface area contributed by atoms with Crippen LogP contribution in [0.25, 0.3) is 0 Å². The van der Waals surface area contributed by atoms with Crippen LogP contribution in [0.15, 0.2) is 15.7 Å². The van der Waals surface area contributed by atoms with Crippen molar-refractivity contribution < 1.29 is 56.5 Å². The number of rotatable bonds is 3. The molecule has 0 saturated carbocycles. The maximum Gasteiger partial charge on any atom is 1.00 e. The molecule has 14 heavy (non-hydrogen) atoms. The maximum absolute atomic E-state index is 11.1.